The predicted octanol–water partition coefficient (Wildman–Crippen LogP) is 3.09. The molecule has 0 unspecified atom stereocenters. The molecule has 0 N–H and O–H groups in total. The summed E-state index contributed by atoms with van der Waals surface area (Å²) in [7, 11) is 0. The number of benzene rings is 1. The van der Waals surface area contributed by atoms with E-state index in [2.05, 4.69) is 27.1 Å². The zero-order chi connectivity index (χ0) is 17.9. The molecule has 1 aliphatic heterocycles. The Hall–Kier alpha value is -3.08. The largest absolute Gasteiger partial charge is 0.338 e. The molecule has 5 heteroatoms. The molecule has 2 aromatic heterocycles. The van der Waals surface area contributed by atoms with Gasteiger partial charge in [-0.15, -0.1) is 0 Å². The summed E-state index contributed by atoms with van der Waals surface area (Å²) >= 11 is 0. The number of carbonyl (C=O) groups is 1. The minimum absolute atomic E-state index is 0.0273. The molecule has 0 radical (unpaired) electrons. The monoisotopic (exact) mass is 344 g/mol. The lowest BCUT2D eigenvalue weighted by atomic mass is 10.0. The maximum absolute atomic E-state index is 12.8. The van der Waals surface area contributed by atoms with Crippen LogP contribution in [-0.2, 0) is 12.8 Å². The molecule has 0 saturated carbocycles. The first-order chi connectivity index (χ1) is 12.7. The van der Waals surface area contributed by atoms with E-state index in [0.717, 1.165) is 41.1 Å². The maximum atomic E-state index is 12.8. The lowest BCUT2D eigenvalue weighted by Gasteiger charge is -2.20. The number of carbonyl (C=O) groups excluding carboxylic acids is 1. The van der Waals surface area contributed by atoms with Crippen LogP contribution >= 0.6 is 0 Å². The molecule has 0 spiro atoms. The molecule has 5 nitrogen and oxygen atoms in total. The van der Waals surface area contributed by atoms with Crippen molar-refractivity contribution in [3.05, 3.63) is 77.5 Å². The molecule has 3 aromatic rings. The number of nitrogens with zero attached hydrogens (tertiary/aromatic N) is 4. The standard InChI is InChI=1S/C21H20N4O/c1-15-7-8-17(13-22-15)21(26)25-11-9-18-19(10-12-25)23-14-24-20(18)16-5-3-2-4-6-16/h2-8,13-14H,9-12H2,1H3. The van der Waals surface area contributed by atoms with E-state index in [4.69, 9.17) is 0 Å². The molecule has 0 aliphatic carbocycles. The molecule has 1 aliphatic rings. The minimum Gasteiger partial charge on any atom is -0.338 e. The van der Waals surface area contributed by atoms with Gasteiger partial charge in [-0.1, -0.05) is 30.3 Å². The van der Waals surface area contributed by atoms with Crippen LogP contribution in [0.25, 0.3) is 11.3 Å². The third-order valence-electron chi connectivity index (χ3n) is 4.78. The second-order valence-electron chi connectivity index (χ2n) is 6.49. The second kappa shape index (κ2) is 7.04. The fourth-order valence-electron chi connectivity index (χ4n) is 3.35. The van der Waals surface area contributed by atoms with Crippen LogP contribution in [0.4, 0.5) is 0 Å². The van der Waals surface area contributed by atoms with Crippen molar-refractivity contribution in [3.8, 4) is 11.3 Å². The van der Waals surface area contributed by atoms with Gasteiger partial charge in [0.1, 0.15) is 6.33 Å². The Balaban J connectivity index is 1.60. The SMILES string of the molecule is Cc1ccc(C(=O)N2CCc3ncnc(-c4ccccc4)c3CC2)cn1. The highest BCUT2D eigenvalue weighted by Gasteiger charge is 2.23. The van der Waals surface area contributed by atoms with Gasteiger partial charge in [0.25, 0.3) is 5.91 Å². The van der Waals surface area contributed by atoms with Crippen LogP contribution in [-0.4, -0.2) is 38.8 Å². The Morgan fingerprint density at radius 3 is 2.54 bits per heavy atom. The number of pyridine rings is 1. The van der Waals surface area contributed by atoms with Crippen molar-refractivity contribution in [1.29, 1.82) is 0 Å². The molecule has 0 atom stereocenters. The highest BCUT2D eigenvalue weighted by Crippen LogP contribution is 2.25. The fourth-order valence-corrected chi connectivity index (χ4v) is 3.35. The number of fused-ring (bicyclic) bond motifs is 1. The number of rotatable bonds is 2. The van der Waals surface area contributed by atoms with E-state index < -0.39 is 0 Å². The van der Waals surface area contributed by atoms with Gasteiger partial charge >= 0.3 is 0 Å². The molecular weight excluding hydrogens is 324 g/mol. The number of hydrogen-bond acceptors (Lipinski definition) is 4. The average molecular weight is 344 g/mol. The predicted molar refractivity (Wildman–Crippen MR) is 99.8 cm³/mol. The van der Waals surface area contributed by atoms with Crippen molar-refractivity contribution in [2.45, 2.75) is 19.8 Å². The van der Waals surface area contributed by atoms with Crippen LogP contribution in [0.1, 0.15) is 27.3 Å². The van der Waals surface area contributed by atoms with E-state index in [-0.39, 0.29) is 5.91 Å². The number of amides is 1. The quantitative estimate of drug-likeness (QED) is 0.717. The summed E-state index contributed by atoms with van der Waals surface area (Å²) in [5.41, 5.74) is 5.80. The van der Waals surface area contributed by atoms with Crippen LogP contribution in [0.15, 0.2) is 55.0 Å². The first-order valence-electron chi connectivity index (χ1n) is 8.82. The summed E-state index contributed by atoms with van der Waals surface area (Å²) in [6.07, 6.45) is 4.78. The van der Waals surface area contributed by atoms with Gasteiger partial charge in [0, 0.05) is 48.2 Å². The van der Waals surface area contributed by atoms with Crippen LogP contribution < -0.4 is 0 Å². The van der Waals surface area contributed by atoms with Gasteiger partial charge in [-0.25, -0.2) is 9.97 Å². The first-order valence-corrected chi connectivity index (χ1v) is 8.82. The van der Waals surface area contributed by atoms with E-state index in [9.17, 15) is 4.79 Å². The van der Waals surface area contributed by atoms with E-state index >= 15 is 0 Å². The van der Waals surface area contributed by atoms with Crippen molar-refractivity contribution in [2.24, 2.45) is 0 Å². The second-order valence-corrected chi connectivity index (χ2v) is 6.49. The van der Waals surface area contributed by atoms with Gasteiger partial charge in [0.2, 0.25) is 0 Å². The summed E-state index contributed by atoms with van der Waals surface area (Å²) in [4.78, 5) is 28.0. The van der Waals surface area contributed by atoms with Crippen molar-refractivity contribution >= 4 is 5.91 Å². The van der Waals surface area contributed by atoms with E-state index in [1.165, 1.54) is 0 Å². The smallest absolute Gasteiger partial charge is 0.255 e. The highest BCUT2D eigenvalue weighted by molar-refractivity contribution is 5.94. The lowest BCUT2D eigenvalue weighted by Crippen LogP contribution is -2.33. The summed E-state index contributed by atoms with van der Waals surface area (Å²) in [5.74, 6) is 0.0273. The molecule has 130 valence electrons. The van der Waals surface area contributed by atoms with Gasteiger partial charge in [-0.05, 0) is 25.5 Å². The molecule has 0 bridgehead atoms. The normalized spacial score (nSPS) is 13.8. The first kappa shape index (κ1) is 16.4. The number of aryl methyl sites for hydroxylation is 1. The molecule has 0 saturated heterocycles. The van der Waals surface area contributed by atoms with Gasteiger partial charge in [0.05, 0.1) is 11.3 Å². The molecular formula is C21H20N4O. The van der Waals surface area contributed by atoms with Crippen molar-refractivity contribution in [2.75, 3.05) is 13.1 Å². The Labute approximate surface area is 152 Å². The number of aromatic nitrogens is 3. The van der Waals surface area contributed by atoms with Crippen LogP contribution in [0.3, 0.4) is 0 Å². The molecule has 4 rings (SSSR count). The molecule has 3 heterocycles. The van der Waals surface area contributed by atoms with E-state index in [1.54, 1.807) is 12.5 Å². The molecule has 26 heavy (non-hydrogen) atoms. The van der Waals surface area contributed by atoms with Crippen LogP contribution in [0, 0.1) is 6.92 Å². The van der Waals surface area contributed by atoms with Gasteiger partial charge in [-0.3, -0.25) is 9.78 Å². The molecule has 0 fully saturated rings. The average Bonchev–Trinajstić information content (AvgIpc) is 2.91. The lowest BCUT2D eigenvalue weighted by molar-refractivity contribution is 0.0762. The topological polar surface area (TPSA) is 59.0 Å². The maximum Gasteiger partial charge on any atom is 0.255 e. The summed E-state index contributed by atoms with van der Waals surface area (Å²) < 4.78 is 0. The summed E-state index contributed by atoms with van der Waals surface area (Å²) in [6, 6.07) is 13.9. The Bertz CT molecular complexity index is 923. The van der Waals surface area contributed by atoms with Gasteiger partial charge < -0.3 is 4.90 Å². The van der Waals surface area contributed by atoms with Crippen molar-refractivity contribution in [1.82, 2.24) is 19.9 Å². The third-order valence-corrected chi connectivity index (χ3v) is 4.78. The van der Waals surface area contributed by atoms with E-state index in [1.807, 2.05) is 42.2 Å². The minimum atomic E-state index is 0.0273. The molecule has 1 aromatic carbocycles. The van der Waals surface area contributed by atoms with Gasteiger partial charge in [0.15, 0.2) is 0 Å². The Morgan fingerprint density at radius 2 is 1.77 bits per heavy atom. The zero-order valence-corrected chi connectivity index (χ0v) is 14.7. The third kappa shape index (κ3) is 3.20. The zero-order valence-electron chi connectivity index (χ0n) is 14.7. The van der Waals surface area contributed by atoms with Crippen molar-refractivity contribution in [3.63, 3.8) is 0 Å². The summed E-state index contributed by atoms with van der Waals surface area (Å²) in [5, 5.41) is 0. The summed E-state index contributed by atoms with van der Waals surface area (Å²) in [6.45, 7) is 3.23. The fraction of sp³-hybridized carbons (Fsp3) is 0.238. The highest BCUT2D eigenvalue weighted by atomic mass is 16.2. The van der Waals surface area contributed by atoms with Crippen molar-refractivity contribution < 1.29 is 4.79 Å². The van der Waals surface area contributed by atoms with Crippen LogP contribution in [0.5, 0.6) is 0 Å². The Kier molecular flexibility index (Phi) is 4.44. The molecule has 1 amide bonds. The number of hydrogen-bond donors (Lipinski definition) is 0. The van der Waals surface area contributed by atoms with E-state index in [0.29, 0.717) is 18.7 Å². The van der Waals surface area contributed by atoms with Gasteiger partial charge in [-0.2, -0.15) is 0 Å². The Morgan fingerprint density at radius 1 is 0.962 bits per heavy atom. The van der Waals surface area contributed by atoms with Crippen LogP contribution in [0.2, 0.25) is 0 Å².